The third-order valence-electron chi connectivity index (χ3n) is 7.36. The Labute approximate surface area is 296 Å². The molecule has 0 bridgehead atoms. The highest BCUT2D eigenvalue weighted by molar-refractivity contribution is 5.69. The van der Waals surface area contributed by atoms with E-state index >= 15 is 0 Å². The van der Waals surface area contributed by atoms with Crippen LogP contribution in [0.2, 0.25) is 0 Å². The van der Waals surface area contributed by atoms with E-state index in [0.29, 0.717) is 58.5 Å². The Hall–Kier alpha value is -1.42. The summed E-state index contributed by atoms with van der Waals surface area (Å²) in [6.07, 6.45) is 7.49. The van der Waals surface area contributed by atoms with Crippen LogP contribution in [0.1, 0.15) is 139 Å². The molecule has 49 heavy (non-hydrogen) atoms. The van der Waals surface area contributed by atoms with E-state index in [4.69, 9.17) is 52.5 Å². The summed E-state index contributed by atoms with van der Waals surface area (Å²) < 4.78 is 62.0. The summed E-state index contributed by atoms with van der Waals surface area (Å²) in [5.74, 6) is -7.20. The molecule has 0 aliphatic heterocycles. The highest BCUT2D eigenvalue weighted by Gasteiger charge is 2.63. The molecule has 0 fully saturated rings. The van der Waals surface area contributed by atoms with E-state index in [1.165, 1.54) is 0 Å². The van der Waals surface area contributed by atoms with Crippen LogP contribution in [-0.2, 0) is 57.0 Å². The Morgan fingerprint density at radius 1 is 0.510 bits per heavy atom. The van der Waals surface area contributed by atoms with Gasteiger partial charge in [0.2, 0.25) is 0 Å². The van der Waals surface area contributed by atoms with Crippen molar-refractivity contribution in [3.63, 3.8) is 0 Å². The Bertz CT molecular complexity index is 789. The van der Waals surface area contributed by atoms with E-state index in [0.717, 1.165) is 32.1 Å². The monoisotopic (exact) mass is 710 g/mol. The first-order valence-electron chi connectivity index (χ1n) is 18.8. The number of carboxylic acids is 1. The quantitative estimate of drug-likeness (QED) is 0.0394. The van der Waals surface area contributed by atoms with Crippen LogP contribution in [0.3, 0.4) is 0 Å². The van der Waals surface area contributed by atoms with E-state index in [9.17, 15) is 9.59 Å². The predicted molar refractivity (Wildman–Crippen MR) is 185 cm³/mol. The fraction of sp³-hybridized carbons (Fsp3) is 0.944. The Morgan fingerprint density at radius 3 is 1.47 bits per heavy atom. The van der Waals surface area contributed by atoms with Crippen molar-refractivity contribution in [3.8, 4) is 0 Å². The van der Waals surface area contributed by atoms with Gasteiger partial charge < -0.3 is 52.5 Å². The zero-order valence-electron chi connectivity index (χ0n) is 32.0. The average Bonchev–Trinajstić information content (AvgIpc) is 3.06. The molecule has 0 radical (unpaired) electrons. The molecule has 0 heterocycles. The molecular weight excluding hydrogens is 640 g/mol. The lowest BCUT2D eigenvalue weighted by molar-refractivity contribution is -0.551. The topological polar surface area (TPSA) is 147 Å². The molecule has 13 heteroatoms. The first kappa shape index (κ1) is 47.6. The van der Waals surface area contributed by atoms with Crippen molar-refractivity contribution in [1.82, 2.24) is 0 Å². The van der Waals surface area contributed by atoms with Crippen LogP contribution in [0, 0.1) is 0 Å². The number of unbranched alkanes of at least 4 members (excludes halogenated alkanes) is 7. The van der Waals surface area contributed by atoms with Crippen LogP contribution in [0.4, 0.5) is 0 Å². The van der Waals surface area contributed by atoms with Gasteiger partial charge in [-0.2, -0.15) is 0 Å². The van der Waals surface area contributed by atoms with Gasteiger partial charge in [0.25, 0.3) is 0 Å². The summed E-state index contributed by atoms with van der Waals surface area (Å²) in [5, 5.41) is 8.90. The van der Waals surface area contributed by atoms with E-state index in [2.05, 4.69) is 13.8 Å². The minimum absolute atomic E-state index is 0.0261. The van der Waals surface area contributed by atoms with E-state index in [1.54, 1.807) is 20.8 Å². The Kier molecular flexibility index (Phi) is 28.3. The van der Waals surface area contributed by atoms with Crippen molar-refractivity contribution >= 4 is 11.9 Å². The molecule has 0 saturated carbocycles. The first-order valence-corrected chi connectivity index (χ1v) is 18.8. The molecule has 13 nitrogen and oxygen atoms in total. The van der Waals surface area contributed by atoms with Crippen molar-refractivity contribution in [2.75, 3.05) is 59.5 Å². The van der Waals surface area contributed by atoms with E-state index < -0.39 is 36.0 Å². The third kappa shape index (κ3) is 18.1. The number of hydrogen-bond donors (Lipinski definition) is 1. The number of carbonyl (C=O) groups excluding carboxylic acids is 1. The second-order valence-corrected chi connectivity index (χ2v) is 11.4. The number of ether oxygens (including phenoxy) is 10. The van der Waals surface area contributed by atoms with Gasteiger partial charge in [-0.1, -0.05) is 52.4 Å². The predicted octanol–water partition coefficient (Wildman–Crippen LogP) is 7.32. The summed E-state index contributed by atoms with van der Waals surface area (Å²) in [5.41, 5.74) is 0. The molecule has 1 N–H and O–H groups in total. The van der Waals surface area contributed by atoms with Crippen molar-refractivity contribution < 1.29 is 62.1 Å². The summed E-state index contributed by atoms with van der Waals surface area (Å²) in [7, 11) is 0. The van der Waals surface area contributed by atoms with Crippen molar-refractivity contribution in [2.45, 2.75) is 163 Å². The number of aliphatic carboxylic acids is 1. The smallest absolute Gasteiger partial charge is 0.416 e. The van der Waals surface area contributed by atoms with E-state index in [-0.39, 0.29) is 52.3 Å². The maximum absolute atomic E-state index is 13.4. The molecule has 0 aromatic carbocycles. The number of carbonyl (C=O) groups is 2. The number of rotatable bonds is 36. The van der Waals surface area contributed by atoms with Crippen LogP contribution >= 0.6 is 0 Å². The van der Waals surface area contributed by atoms with Gasteiger partial charge in [0.05, 0.1) is 19.8 Å². The number of hydrogen-bond acceptors (Lipinski definition) is 12. The highest BCUT2D eigenvalue weighted by atomic mass is 17.0. The van der Waals surface area contributed by atoms with Crippen LogP contribution in [-0.4, -0.2) is 101 Å². The molecule has 0 saturated heterocycles. The summed E-state index contributed by atoms with van der Waals surface area (Å²) in [4.78, 5) is 24.2. The SMILES string of the molecule is CCCCCOC(CCOC(OCC)(OCC)C(OCC)(OCCCCC)OC(=O)CCCCCCC(=O)O)C(OCC)(OCC)OCC. The first-order chi connectivity index (χ1) is 23.7. The maximum atomic E-state index is 13.4. The van der Waals surface area contributed by atoms with Gasteiger partial charge in [-0.3, -0.25) is 9.59 Å². The van der Waals surface area contributed by atoms with Gasteiger partial charge >= 0.3 is 29.9 Å². The second kappa shape index (κ2) is 29.2. The van der Waals surface area contributed by atoms with Gasteiger partial charge in [0.1, 0.15) is 6.10 Å². The van der Waals surface area contributed by atoms with Crippen LogP contribution in [0.15, 0.2) is 0 Å². The van der Waals surface area contributed by atoms with Gasteiger partial charge in [-0.25, -0.2) is 0 Å². The summed E-state index contributed by atoms with van der Waals surface area (Å²) >= 11 is 0. The van der Waals surface area contributed by atoms with Crippen LogP contribution in [0.25, 0.3) is 0 Å². The molecule has 0 aromatic rings. The van der Waals surface area contributed by atoms with Gasteiger partial charge in [0, 0.05) is 58.9 Å². The normalized spacial score (nSPS) is 14.1. The highest BCUT2D eigenvalue weighted by Crippen LogP contribution is 2.38. The van der Waals surface area contributed by atoms with Gasteiger partial charge in [-0.05, 0) is 67.2 Å². The van der Waals surface area contributed by atoms with Crippen LogP contribution < -0.4 is 0 Å². The minimum Gasteiger partial charge on any atom is -0.481 e. The second-order valence-electron chi connectivity index (χ2n) is 11.4. The Balaban J connectivity index is 6.50. The van der Waals surface area contributed by atoms with E-state index in [1.807, 2.05) is 20.8 Å². The molecule has 0 amide bonds. The molecule has 0 spiro atoms. The molecule has 0 aliphatic carbocycles. The van der Waals surface area contributed by atoms with Gasteiger partial charge in [-0.15, -0.1) is 0 Å². The van der Waals surface area contributed by atoms with Crippen molar-refractivity contribution in [3.05, 3.63) is 0 Å². The van der Waals surface area contributed by atoms with Crippen LogP contribution in [0.5, 0.6) is 0 Å². The molecule has 2 unspecified atom stereocenters. The molecule has 0 aliphatic rings. The average molecular weight is 711 g/mol. The van der Waals surface area contributed by atoms with Crippen molar-refractivity contribution in [1.29, 1.82) is 0 Å². The fourth-order valence-corrected chi connectivity index (χ4v) is 5.21. The maximum Gasteiger partial charge on any atom is 0.416 e. The molecular formula is C36H70O13. The van der Waals surface area contributed by atoms with Gasteiger partial charge in [0.15, 0.2) is 0 Å². The zero-order chi connectivity index (χ0) is 36.9. The summed E-state index contributed by atoms with van der Waals surface area (Å²) in [6.45, 7) is 17.0. The number of esters is 1. The third-order valence-corrected chi connectivity index (χ3v) is 7.36. The molecule has 0 rings (SSSR count). The summed E-state index contributed by atoms with van der Waals surface area (Å²) in [6, 6.07) is 0. The number of carboxylic acid groups (broad SMARTS) is 1. The molecule has 2 atom stereocenters. The minimum atomic E-state index is -2.20. The lowest BCUT2D eigenvalue weighted by Gasteiger charge is -2.45. The lowest BCUT2D eigenvalue weighted by atomic mass is 10.1. The lowest BCUT2D eigenvalue weighted by Crippen LogP contribution is -2.65. The Morgan fingerprint density at radius 2 is 0.980 bits per heavy atom. The fourth-order valence-electron chi connectivity index (χ4n) is 5.21. The largest absolute Gasteiger partial charge is 0.481 e. The molecule has 0 aromatic heterocycles. The standard InChI is InChI=1S/C36H70O13/c1-9-17-23-28-40-31(34(41-11-3,42-12-4)43-13-5)27-30-48-35(44-14-6,45-15-7)36(46-16-8,47-29-24-18-10-2)49-33(39)26-22-20-19-21-25-32(37)38/h31H,9-30H2,1-8H3,(H,37,38). The van der Waals surface area contributed by atoms with Crippen molar-refractivity contribution in [2.24, 2.45) is 0 Å². The molecule has 292 valence electrons. The zero-order valence-corrected chi connectivity index (χ0v) is 32.0.